The summed E-state index contributed by atoms with van der Waals surface area (Å²) in [6.45, 7) is 5.42. The third-order valence-electron chi connectivity index (χ3n) is 7.06. The Morgan fingerprint density at radius 2 is 1.37 bits per heavy atom. The number of hydrogen-bond acceptors (Lipinski definition) is 7. The molecule has 1 saturated heterocycles. The van der Waals surface area contributed by atoms with Crippen molar-refractivity contribution in [3.05, 3.63) is 120 Å². The molecule has 3 aromatic carbocycles. The van der Waals surface area contributed by atoms with E-state index < -0.39 is 5.97 Å². The Morgan fingerprint density at radius 1 is 0.744 bits per heavy atom. The second kappa shape index (κ2) is 14.4. The van der Waals surface area contributed by atoms with E-state index in [4.69, 9.17) is 21.7 Å². The molecule has 0 saturated carbocycles. The van der Waals surface area contributed by atoms with Gasteiger partial charge in [0.15, 0.2) is 5.82 Å². The Hall–Kier alpha value is -4.82. The van der Waals surface area contributed by atoms with Crippen molar-refractivity contribution in [2.45, 2.75) is 19.8 Å². The fraction of sp³-hybridized carbons (Fsp3) is 0.206. The zero-order valence-electron chi connectivity index (χ0n) is 24.0. The molecule has 1 fully saturated rings. The van der Waals surface area contributed by atoms with Crippen LogP contribution in [0.4, 0.5) is 11.8 Å². The number of carbonyl (C=O) groups is 1. The van der Waals surface area contributed by atoms with Gasteiger partial charge in [0.25, 0.3) is 0 Å². The van der Waals surface area contributed by atoms with Gasteiger partial charge in [0.05, 0.1) is 0 Å². The van der Waals surface area contributed by atoms with Crippen LogP contribution in [0.3, 0.4) is 0 Å². The highest BCUT2D eigenvalue weighted by molar-refractivity contribution is 6.30. The second-order valence-corrected chi connectivity index (χ2v) is 10.6. The van der Waals surface area contributed by atoms with E-state index >= 15 is 0 Å². The maximum absolute atomic E-state index is 10.2. The Bertz CT molecular complexity index is 1610. The SMILES string of the molecule is Cc1nc(-c2ccc(-c3ccccc3)cc2)nc(N2CCN(c3ccccn3)CC2)n1.O=C(O)CCc1ccc(Cl)cc1. The Balaban J connectivity index is 0.000000259. The molecule has 1 aliphatic rings. The average molecular weight is 593 g/mol. The molecule has 8 nitrogen and oxygen atoms in total. The molecule has 6 rings (SSSR count). The van der Waals surface area contributed by atoms with Crippen molar-refractivity contribution in [1.29, 1.82) is 0 Å². The molecular weight excluding hydrogens is 560 g/mol. The fourth-order valence-electron chi connectivity index (χ4n) is 4.76. The Labute approximate surface area is 256 Å². The normalized spacial score (nSPS) is 12.8. The molecule has 0 aliphatic carbocycles. The lowest BCUT2D eigenvalue weighted by atomic mass is 10.0. The number of halogens is 1. The summed E-state index contributed by atoms with van der Waals surface area (Å²) in [5, 5.41) is 9.08. The van der Waals surface area contributed by atoms with Crippen LogP contribution >= 0.6 is 11.6 Å². The van der Waals surface area contributed by atoms with Crippen LogP contribution in [0.15, 0.2) is 103 Å². The van der Waals surface area contributed by atoms with Gasteiger partial charge in [0.1, 0.15) is 11.6 Å². The summed E-state index contributed by atoms with van der Waals surface area (Å²) in [6, 6.07) is 32.0. The van der Waals surface area contributed by atoms with E-state index in [-0.39, 0.29) is 6.42 Å². The molecule has 1 N–H and O–H groups in total. The lowest BCUT2D eigenvalue weighted by Crippen LogP contribution is -2.47. The van der Waals surface area contributed by atoms with Crippen molar-refractivity contribution < 1.29 is 9.90 Å². The maximum Gasteiger partial charge on any atom is 0.303 e. The molecule has 9 heteroatoms. The summed E-state index contributed by atoms with van der Waals surface area (Å²) < 4.78 is 0. The first kappa shape index (κ1) is 29.7. The minimum atomic E-state index is -0.773. The number of pyridine rings is 1. The molecule has 0 atom stereocenters. The third kappa shape index (κ3) is 8.36. The molecule has 0 amide bonds. The third-order valence-corrected chi connectivity index (χ3v) is 7.31. The molecule has 5 aromatic rings. The van der Waals surface area contributed by atoms with Gasteiger partial charge in [-0.25, -0.2) is 9.97 Å². The van der Waals surface area contributed by atoms with Gasteiger partial charge in [0, 0.05) is 49.4 Å². The molecular formula is C34H33ClN6O2. The summed E-state index contributed by atoms with van der Waals surface area (Å²) >= 11 is 5.66. The molecule has 3 heterocycles. The number of aromatic nitrogens is 4. The minimum absolute atomic E-state index is 0.168. The first-order chi connectivity index (χ1) is 20.9. The number of benzene rings is 3. The van der Waals surface area contributed by atoms with E-state index in [0.717, 1.165) is 54.9 Å². The quantitative estimate of drug-likeness (QED) is 0.226. The largest absolute Gasteiger partial charge is 0.481 e. The molecule has 0 radical (unpaired) electrons. The van der Waals surface area contributed by atoms with Crippen molar-refractivity contribution in [1.82, 2.24) is 19.9 Å². The standard InChI is InChI=1S/C25H24N6.C9H9ClO2/c1-19-27-24(22-12-10-21(11-13-22)20-7-3-2-4-8-20)29-25(28-19)31-17-15-30(16-18-31)23-9-5-6-14-26-23;10-8-4-1-7(2-5-8)3-6-9(11)12/h2-14H,15-18H2,1H3;1-2,4-5H,3,6H2,(H,11,12). The van der Waals surface area contributed by atoms with E-state index in [1.54, 1.807) is 12.1 Å². The number of anilines is 2. The number of rotatable bonds is 7. The Kier molecular flexibility index (Phi) is 9.92. The highest BCUT2D eigenvalue weighted by atomic mass is 35.5. The average Bonchev–Trinajstić information content (AvgIpc) is 3.05. The molecule has 0 unspecified atom stereocenters. The molecule has 0 bridgehead atoms. The zero-order chi connectivity index (χ0) is 30.0. The molecule has 1 aliphatic heterocycles. The number of aryl methyl sites for hydroxylation is 2. The fourth-order valence-corrected chi connectivity index (χ4v) is 4.89. The van der Waals surface area contributed by atoms with Gasteiger partial charge in [0.2, 0.25) is 5.95 Å². The number of carboxylic acids is 1. The van der Waals surface area contributed by atoms with Gasteiger partial charge < -0.3 is 14.9 Å². The van der Waals surface area contributed by atoms with Gasteiger partial charge in [-0.15, -0.1) is 0 Å². The van der Waals surface area contributed by atoms with E-state index in [9.17, 15) is 4.79 Å². The van der Waals surface area contributed by atoms with Crippen LogP contribution in [-0.4, -0.2) is 57.2 Å². The first-order valence-corrected chi connectivity index (χ1v) is 14.6. The maximum atomic E-state index is 10.2. The van der Waals surface area contributed by atoms with Crippen molar-refractivity contribution >= 4 is 29.3 Å². The van der Waals surface area contributed by atoms with Crippen LogP contribution < -0.4 is 9.80 Å². The van der Waals surface area contributed by atoms with Crippen molar-refractivity contribution in [3.8, 4) is 22.5 Å². The van der Waals surface area contributed by atoms with Crippen LogP contribution in [0.2, 0.25) is 5.02 Å². The van der Waals surface area contributed by atoms with Crippen LogP contribution in [0.25, 0.3) is 22.5 Å². The zero-order valence-corrected chi connectivity index (χ0v) is 24.7. The van der Waals surface area contributed by atoms with Crippen molar-refractivity contribution in [2.24, 2.45) is 0 Å². The molecule has 43 heavy (non-hydrogen) atoms. The second-order valence-electron chi connectivity index (χ2n) is 10.1. The minimum Gasteiger partial charge on any atom is -0.481 e. The molecule has 0 spiro atoms. The highest BCUT2D eigenvalue weighted by Crippen LogP contribution is 2.24. The van der Waals surface area contributed by atoms with Gasteiger partial charge in [-0.05, 0) is 54.3 Å². The predicted octanol–water partition coefficient (Wildman–Crippen LogP) is 6.59. The molecule has 2 aromatic heterocycles. The van der Waals surface area contributed by atoms with Gasteiger partial charge in [-0.1, -0.05) is 84.4 Å². The molecule has 218 valence electrons. The van der Waals surface area contributed by atoms with E-state index in [0.29, 0.717) is 17.3 Å². The Morgan fingerprint density at radius 3 is 2.02 bits per heavy atom. The van der Waals surface area contributed by atoms with Crippen LogP contribution in [0.1, 0.15) is 17.8 Å². The summed E-state index contributed by atoms with van der Waals surface area (Å²) in [5.74, 6) is 2.45. The summed E-state index contributed by atoms with van der Waals surface area (Å²) in [4.78, 5) is 33.2. The predicted molar refractivity (Wildman–Crippen MR) is 172 cm³/mol. The van der Waals surface area contributed by atoms with Crippen molar-refractivity contribution in [2.75, 3.05) is 36.0 Å². The van der Waals surface area contributed by atoms with Crippen LogP contribution in [0, 0.1) is 6.92 Å². The lowest BCUT2D eigenvalue weighted by Gasteiger charge is -2.35. The number of carboxylic acid groups (broad SMARTS) is 1. The van der Waals surface area contributed by atoms with E-state index in [2.05, 4.69) is 79.3 Å². The van der Waals surface area contributed by atoms with E-state index in [1.165, 1.54) is 11.1 Å². The van der Waals surface area contributed by atoms with Crippen LogP contribution in [0.5, 0.6) is 0 Å². The number of nitrogens with zero attached hydrogens (tertiary/aromatic N) is 6. The summed E-state index contributed by atoms with van der Waals surface area (Å²) in [7, 11) is 0. The van der Waals surface area contributed by atoms with Gasteiger partial charge in [-0.2, -0.15) is 9.97 Å². The summed E-state index contributed by atoms with van der Waals surface area (Å²) in [6.07, 6.45) is 2.57. The summed E-state index contributed by atoms with van der Waals surface area (Å²) in [5.41, 5.74) is 4.38. The van der Waals surface area contributed by atoms with Crippen LogP contribution in [-0.2, 0) is 11.2 Å². The smallest absolute Gasteiger partial charge is 0.303 e. The first-order valence-electron chi connectivity index (χ1n) is 14.2. The van der Waals surface area contributed by atoms with E-state index in [1.807, 2.05) is 43.5 Å². The monoisotopic (exact) mass is 592 g/mol. The number of piperazine rings is 1. The lowest BCUT2D eigenvalue weighted by molar-refractivity contribution is -0.136. The number of hydrogen-bond donors (Lipinski definition) is 1. The van der Waals surface area contributed by atoms with Gasteiger partial charge in [-0.3, -0.25) is 4.79 Å². The van der Waals surface area contributed by atoms with Crippen molar-refractivity contribution in [3.63, 3.8) is 0 Å². The number of aliphatic carboxylic acids is 1. The van der Waals surface area contributed by atoms with Gasteiger partial charge >= 0.3 is 5.97 Å². The topological polar surface area (TPSA) is 95.3 Å². The highest BCUT2D eigenvalue weighted by Gasteiger charge is 2.21.